The van der Waals surface area contributed by atoms with Crippen molar-refractivity contribution in [3.8, 4) is 0 Å². The highest BCUT2D eigenvalue weighted by molar-refractivity contribution is 5.80. The van der Waals surface area contributed by atoms with Gasteiger partial charge in [0.25, 0.3) is 5.91 Å². The zero-order chi connectivity index (χ0) is 10.4. The summed E-state index contributed by atoms with van der Waals surface area (Å²) >= 11 is 0. The lowest BCUT2D eigenvalue weighted by atomic mass is 9.90. The van der Waals surface area contributed by atoms with Gasteiger partial charge in [-0.2, -0.15) is 0 Å². The molecule has 1 amide bonds. The van der Waals surface area contributed by atoms with E-state index in [0.717, 1.165) is 19.4 Å². The summed E-state index contributed by atoms with van der Waals surface area (Å²) in [5, 5.41) is 3.20. The topological polar surface area (TPSA) is 50.4 Å². The van der Waals surface area contributed by atoms with E-state index in [2.05, 4.69) is 17.7 Å². The monoisotopic (exact) mass is 200 g/mol. The van der Waals surface area contributed by atoms with Gasteiger partial charge in [0, 0.05) is 0 Å². The van der Waals surface area contributed by atoms with Crippen LogP contribution in [0.3, 0.4) is 0 Å². The molecule has 1 fully saturated rings. The Morgan fingerprint density at radius 1 is 1.57 bits per heavy atom. The van der Waals surface area contributed by atoms with E-state index < -0.39 is 0 Å². The Morgan fingerprint density at radius 3 is 3.00 bits per heavy atom. The molecule has 14 heavy (non-hydrogen) atoms. The highest BCUT2D eigenvalue weighted by Crippen LogP contribution is 2.19. The minimum atomic E-state index is -0.0692. The molecule has 4 heteroatoms. The third kappa shape index (κ3) is 3.27. The third-order valence-corrected chi connectivity index (χ3v) is 2.72. The summed E-state index contributed by atoms with van der Waals surface area (Å²) in [5.74, 6) is 0.638. The Hall–Kier alpha value is -0.610. The second-order valence-corrected chi connectivity index (χ2v) is 3.70. The quantitative estimate of drug-likeness (QED) is 0.661. The SMILES string of the molecule is CCONC(=O)C1CC(CC)CCN1. The van der Waals surface area contributed by atoms with Crippen molar-refractivity contribution < 1.29 is 9.63 Å². The van der Waals surface area contributed by atoms with Crippen LogP contribution in [0.5, 0.6) is 0 Å². The van der Waals surface area contributed by atoms with E-state index in [1.807, 2.05) is 6.92 Å². The second-order valence-electron chi connectivity index (χ2n) is 3.70. The number of hydroxylamine groups is 1. The zero-order valence-electron chi connectivity index (χ0n) is 9.01. The number of piperidine rings is 1. The van der Waals surface area contributed by atoms with Gasteiger partial charge >= 0.3 is 0 Å². The molecule has 0 aliphatic carbocycles. The Balaban J connectivity index is 2.31. The van der Waals surface area contributed by atoms with Gasteiger partial charge in [0.15, 0.2) is 0 Å². The predicted molar refractivity (Wildman–Crippen MR) is 54.6 cm³/mol. The van der Waals surface area contributed by atoms with Crippen molar-refractivity contribution in [2.45, 2.75) is 39.2 Å². The first-order valence-electron chi connectivity index (χ1n) is 5.43. The van der Waals surface area contributed by atoms with E-state index in [0.29, 0.717) is 12.5 Å². The van der Waals surface area contributed by atoms with Crippen LogP contribution in [-0.4, -0.2) is 25.1 Å². The average molecular weight is 200 g/mol. The number of rotatable bonds is 4. The number of carbonyl (C=O) groups excluding carboxylic acids is 1. The summed E-state index contributed by atoms with van der Waals surface area (Å²) in [4.78, 5) is 16.4. The lowest BCUT2D eigenvalue weighted by Gasteiger charge is -2.28. The molecule has 0 saturated carbocycles. The molecule has 2 atom stereocenters. The van der Waals surface area contributed by atoms with Crippen molar-refractivity contribution in [2.75, 3.05) is 13.2 Å². The average Bonchev–Trinajstić information content (AvgIpc) is 2.26. The van der Waals surface area contributed by atoms with Crippen LogP contribution in [0.4, 0.5) is 0 Å². The number of hydrogen-bond acceptors (Lipinski definition) is 3. The maximum atomic E-state index is 11.5. The molecule has 1 aliphatic heterocycles. The minimum Gasteiger partial charge on any atom is -0.306 e. The Kier molecular flexibility index (Phi) is 4.90. The fraction of sp³-hybridized carbons (Fsp3) is 0.900. The van der Waals surface area contributed by atoms with Gasteiger partial charge in [0.2, 0.25) is 0 Å². The lowest BCUT2D eigenvalue weighted by molar-refractivity contribution is -0.136. The van der Waals surface area contributed by atoms with Crippen LogP contribution < -0.4 is 10.8 Å². The van der Waals surface area contributed by atoms with Crippen LogP contribution in [0.1, 0.15) is 33.1 Å². The molecule has 0 aromatic carbocycles. The highest BCUT2D eigenvalue weighted by Gasteiger charge is 2.25. The first-order chi connectivity index (χ1) is 6.77. The molecule has 0 bridgehead atoms. The van der Waals surface area contributed by atoms with Gasteiger partial charge in [-0.1, -0.05) is 13.3 Å². The number of amides is 1. The van der Waals surface area contributed by atoms with E-state index in [1.54, 1.807) is 0 Å². The Morgan fingerprint density at radius 2 is 2.36 bits per heavy atom. The Labute approximate surface area is 85.3 Å². The zero-order valence-corrected chi connectivity index (χ0v) is 9.01. The maximum absolute atomic E-state index is 11.5. The molecule has 0 radical (unpaired) electrons. The number of carbonyl (C=O) groups is 1. The summed E-state index contributed by atoms with van der Waals surface area (Å²) in [6, 6.07) is -0.0692. The van der Waals surface area contributed by atoms with Crippen LogP contribution in [0.2, 0.25) is 0 Å². The van der Waals surface area contributed by atoms with E-state index in [1.165, 1.54) is 6.42 Å². The van der Waals surface area contributed by atoms with E-state index in [4.69, 9.17) is 4.84 Å². The van der Waals surface area contributed by atoms with E-state index in [9.17, 15) is 4.79 Å². The first kappa shape index (κ1) is 11.5. The van der Waals surface area contributed by atoms with Crippen molar-refractivity contribution in [3.05, 3.63) is 0 Å². The van der Waals surface area contributed by atoms with Gasteiger partial charge in [-0.15, -0.1) is 0 Å². The predicted octanol–water partition coefficient (Wildman–Crippen LogP) is 0.832. The van der Waals surface area contributed by atoms with Crippen molar-refractivity contribution >= 4 is 5.91 Å². The van der Waals surface area contributed by atoms with Crippen LogP contribution in [0.15, 0.2) is 0 Å². The minimum absolute atomic E-state index is 0.0370. The molecular formula is C10H20N2O2. The van der Waals surface area contributed by atoms with E-state index in [-0.39, 0.29) is 11.9 Å². The molecule has 1 heterocycles. The third-order valence-electron chi connectivity index (χ3n) is 2.72. The van der Waals surface area contributed by atoms with Gasteiger partial charge in [0.1, 0.15) is 0 Å². The molecule has 0 aromatic heterocycles. The van der Waals surface area contributed by atoms with Gasteiger partial charge in [-0.05, 0) is 32.2 Å². The molecule has 1 aliphatic rings. The largest absolute Gasteiger partial charge is 0.306 e. The van der Waals surface area contributed by atoms with Crippen molar-refractivity contribution in [3.63, 3.8) is 0 Å². The van der Waals surface area contributed by atoms with Crippen LogP contribution >= 0.6 is 0 Å². The summed E-state index contributed by atoms with van der Waals surface area (Å²) < 4.78 is 0. The smallest absolute Gasteiger partial charge is 0.260 e. The first-order valence-corrected chi connectivity index (χ1v) is 5.43. The molecule has 0 aromatic rings. The number of nitrogens with one attached hydrogen (secondary N) is 2. The maximum Gasteiger partial charge on any atom is 0.260 e. The van der Waals surface area contributed by atoms with Crippen LogP contribution in [0.25, 0.3) is 0 Å². The summed E-state index contributed by atoms with van der Waals surface area (Å²) in [6.07, 6.45) is 3.25. The van der Waals surface area contributed by atoms with Crippen molar-refractivity contribution in [1.29, 1.82) is 0 Å². The van der Waals surface area contributed by atoms with Gasteiger partial charge in [-0.3, -0.25) is 9.63 Å². The van der Waals surface area contributed by atoms with Crippen molar-refractivity contribution in [2.24, 2.45) is 5.92 Å². The molecule has 2 unspecified atom stereocenters. The van der Waals surface area contributed by atoms with Gasteiger partial charge in [0.05, 0.1) is 12.6 Å². The normalized spacial score (nSPS) is 27.3. The van der Waals surface area contributed by atoms with Crippen LogP contribution in [-0.2, 0) is 9.63 Å². The fourth-order valence-corrected chi connectivity index (χ4v) is 1.78. The molecule has 2 N–H and O–H groups in total. The molecule has 0 spiro atoms. The summed E-state index contributed by atoms with van der Waals surface area (Å²) in [7, 11) is 0. The summed E-state index contributed by atoms with van der Waals surface area (Å²) in [6.45, 7) is 5.47. The summed E-state index contributed by atoms with van der Waals surface area (Å²) in [5.41, 5.74) is 2.45. The van der Waals surface area contributed by atoms with Gasteiger partial charge in [-0.25, -0.2) is 5.48 Å². The molecular weight excluding hydrogens is 180 g/mol. The van der Waals surface area contributed by atoms with Crippen LogP contribution in [0, 0.1) is 5.92 Å². The number of hydrogen-bond donors (Lipinski definition) is 2. The second kappa shape index (κ2) is 5.98. The lowest BCUT2D eigenvalue weighted by Crippen LogP contribution is -2.48. The standard InChI is InChI=1S/C10H20N2O2/c1-3-8-5-6-11-9(7-8)10(13)12-14-4-2/h8-9,11H,3-7H2,1-2H3,(H,12,13). The Bertz CT molecular complexity index is 185. The fourth-order valence-electron chi connectivity index (χ4n) is 1.78. The van der Waals surface area contributed by atoms with Crippen molar-refractivity contribution in [1.82, 2.24) is 10.8 Å². The van der Waals surface area contributed by atoms with E-state index >= 15 is 0 Å². The molecule has 1 rings (SSSR count). The molecule has 4 nitrogen and oxygen atoms in total. The molecule has 82 valence electrons. The van der Waals surface area contributed by atoms with Gasteiger partial charge < -0.3 is 5.32 Å². The molecule has 1 saturated heterocycles. The highest BCUT2D eigenvalue weighted by atomic mass is 16.6.